The number of imidazole rings is 1. The summed E-state index contributed by atoms with van der Waals surface area (Å²) in [5.41, 5.74) is 4.60. The van der Waals surface area contributed by atoms with Crippen molar-refractivity contribution in [3.63, 3.8) is 0 Å². The first-order valence-corrected chi connectivity index (χ1v) is 8.71. The lowest BCUT2D eigenvalue weighted by Crippen LogP contribution is -2.09. The van der Waals surface area contributed by atoms with Crippen LogP contribution in [0.4, 0.5) is 15.9 Å². The zero-order valence-corrected chi connectivity index (χ0v) is 15.2. The summed E-state index contributed by atoms with van der Waals surface area (Å²) in [4.78, 5) is 14.4. The van der Waals surface area contributed by atoms with Gasteiger partial charge in [0.2, 0.25) is 0 Å². The molecule has 0 fully saturated rings. The Bertz CT molecular complexity index is 1090. The lowest BCUT2D eigenvalue weighted by Gasteiger charge is -2.14. The van der Waals surface area contributed by atoms with Crippen molar-refractivity contribution in [3.8, 4) is 11.4 Å². The van der Waals surface area contributed by atoms with E-state index in [2.05, 4.69) is 43.4 Å². The van der Waals surface area contributed by atoms with Crippen LogP contribution in [0, 0.1) is 5.82 Å². The highest BCUT2D eigenvalue weighted by atomic mass is 19.1. The normalized spacial score (nSPS) is 10.9. The van der Waals surface area contributed by atoms with E-state index in [-0.39, 0.29) is 5.82 Å². The molecule has 136 valence electrons. The van der Waals surface area contributed by atoms with Crippen LogP contribution in [-0.4, -0.2) is 29.0 Å². The highest BCUT2D eigenvalue weighted by molar-refractivity contribution is 5.88. The quantitative estimate of drug-likeness (QED) is 0.552. The average molecular weight is 361 g/mol. The van der Waals surface area contributed by atoms with Gasteiger partial charge in [0.25, 0.3) is 0 Å². The van der Waals surface area contributed by atoms with Crippen LogP contribution in [0.15, 0.2) is 60.8 Å². The number of rotatable bonds is 5. The highest BCUT2D eigenvalue weighted by Gasteiger charge is 2.10. The second kappa shape index (κ2) is 7.07. The molecule has 0 atom stereocenters. The first kappa shape index (κ1) is 17.0. The summed E-state index contributed by atoms with van der Waals surface area (Å²) in [7, 11) is 4.04. The first-order chi connectivity index (χ1) is 13.1. The van der Waals surface area contributed by atoms with Crippen LogP contribution in [0.5, 0.6) is 0 Å². The maximum atomic E-state index is 13.5. The van der Waals surface area contributed by atoms with Crippen molar-refractivity contribution in [2.45, 2.75) is 6.54 Å². The zero-order valence-electron chi connectivity index (χ0n) is 15.2. The molecule has 0 aliphatic heterocycles. The third-order valence-electron chi connectivity index (χ3n) is 4.39. The first-order valence-electron chi connectivity index (χ1n) is 8.71. The third-order valence-corrected chi connectivity index (χ3v) is 4.39. The maximum Gasteiger partial charge on any atom is 0.154 e. The van der Waals surface area contributed by atoms with E-state index in [1.807, 2.05) is 32.3 Å². The van der Waals surface area contributed by atoms with Crippen molar-refractivity contribution in [1.82, 2.24) is 15.0 Å². The van der Waals surface area contributed by atoms with Gasteiger partial charge in [-0.05, 0) is 35.9 Å². The van der Waals surface area contributed by atoms with E-state index in [0.717, 1.165) is 22.3 Å². The van der Waals surface area contributed by atoms with Gasteiger partial charge in [0.05, 0.1) is 5.52 Å². The molecule has 0 saturated heterocycles. The number of aromatic nitrogens is 3. The maximum absolute atomic E-state index is 13.5. The minimum atomic E-state index is -0.287. The van der Waals surface area contributed by atoms with Crippen molar-refractivity contribution in [1.29, 1.82) is 0 Å². The van der Waals surface area contributed by atoms with Crippen LogP contribution in [0.25, 0.3) is 22.4 Å². The van der Waals surface area contributed by atoms with Crippen LogP contribution < -0.4 is 10.2 Å². The van der Waals surface area contributed by atoms with Gasteiger partial charge in [0, 0.05) is 38.1 Å². The fraction of sp³-hybridized carbons (Fsp3) is 0.143. The molecule has 2 N–H and O–H groups in total. The van der Waals surface area contributed by atoms with Gasteiger partial charge in [-0.3, -0.25) is 0 Å². The van der Waals surface area contributed by atoms with E-state index >= 15 is 0 Å². The van der Waals surface area contributed by atoms with Gasteiger partial charge in [-0.1, -0.05) is 24.3 Å². The number of anilines is 2. The van der Waals surface area contributed by atoms with Crippen LogP contribution in [0.2, 0.25) is 0 Å². The molecule has 4 aromatic rings. The summed E-state index contributed by atoms with van der Waals surface area (Å²) in [5.74, 6) is 1.03. The smallest absolute Gasteiger partial charge is 0.154 e. The molecule has 27 heavy (non-hydrogen) atoms. The van der Waals surface area contributed by atoms with Gasteiger partial charge in [-0.25, -0.2) is 14.4 Å². The molecule has 6 heteroatoms. The molecule has 0 amide bonds. The molecule has 0 unspecified atom stereocenters. The Balaban J connectivity index is 1.62. The van der Waals surface area contributed by atoms with Gasteiger partial charge < -0.3 is 15.2 Å². The predicted molar refractivity (Wildman–Crippen MR) is 107 cm³/mol. The number of hydrogen-bond acceptors (Lipinski definition) is 4. The molecular formula is C21H20FN5. The number of hydrogen-bond donors (Lipinski definition) is 2. The molecule has 0 bridgehead atoms. The van der Waals surface area contributed by atoms with E-state index in [4.69, 9.17) is 0 Å². The molecule has 5 nitrogen and oxygen atoms in total. The van der Waals surface area contributed by atoms with Crippen LogP contribution in [-0.2, 0) is 6.54 Å². The second-order valence-corrected chi connectivity index (χ2v) is 6.57. The number of nitrogens with zero attached hydrogens (tertiary/aromatic N) is 3. The number of fused-ring (bicyclic) bond motifs is 1. The minimum Gasteiger partial charge on any atom is -0.378 e. The molecule has 0 aliphatic rings. The number of halogens is 1. The van der Waals surface area contributed by atoms with Gasteiger partial charge >= 0.3 is 0 Å². The summed E-state index contributed by atoms with van der Waals surface area (Å²) in [6, 6.07) is 16.6. The number of benzene rings is 2. The Hall–Kier alpha value is -3.41. The molecule has 0 radical (unpaired) electrons. The Morgan fingerprint density at radius 3 is 2.74 bits per heavy atom. The fourth-order valence-electron chi connectivity index (χ4n) is 2.97. The standard InChI is InChI=1S/C21H20FN5/c1-27(2)17-8-3-5-14(11-17)13-24-21-19-18(9-10-23-21)25-20(26-19)15-6-4-7-16(22)12-15/h3-12H,13H2,1-2H3,(H,23,24)(H,25,26). The van der Waals surface area contributed by atoms with Gasteiger partial charge in [-0.2, -0.15) is 0 Å². The van der Waals surface area contributed by atoms with Gasteiger partial charge in [0.1, 0.15) is 17.2 Å². The number of aromatic amines is 1. The molecule has 0 spiro atoms. The van der Waals surface area contributed by atoms with Crippen LogP contribution in [0.1, 0.15) is 5.56 Å². The molecule has 2 aromatic heterocycles. The summed E-state index contributed by atoms with van der Waals surface area (Å²) < 4.78 is 13.5. The van der Waals surface area contributed by atoms with E-state index in [1.54, 1.807) is 12.3 Å². The van der Waals surface area contributed by atoms with Crippen molar-refractivity contribution >= 4 is 22.5 Å². The Kier molecular flexibility index (Phi) is 4.46. The highest BCUT2D eigenvalue weighted by Crippen LogP contribution is 2.25. The largest absolute Gasteiger partial charge is 0.378 e. The number of nitrogens with one attached hydrogen (secondary N) is 2. The topological polar surface area (TPSA) is 56.8 Å². The Morgan fingerprint density at radius 1 is 1.07 bits per heavy atom. The van der Waals surface area contributed by atoms with Crippen molar-refractivity contribution in [2.24, 2.45) is 0 Å². The summed E-state index contributed by atoms with van der Waals surface area (Å²) >= 11 is 0. The minimum absolute atomic E-state index is 0.287. The summed E-state index contributed by atoms with van der Waals surface area (Å²) in [5, 5.41) is 3.36. The monoisotopic (exact) mass is 361 g/mol. The van der Waals surface area contributed by atoms with Crippen molar-refractivity contribution in [2.75, 3.05) is 24.3 Å². The SMILES string of the molecule is CN(C)c1cccc(CNc2nccc3[nH]c(-c4cccc(F)c4)nc23)c1. The van der Waals surface area contributed by atoms with Crippen molar-refractivity contribution in [3.05, 3.63) is 72.2 Å². The second-order valence-electron chi connectivity index (χ2n) is 6.57. The third kappa shape index (κ3) is 3.60. The van der Waals surface area contributed by atoms with Crippen molar-refractivity contribution < 1.29 is 4.39 Å². The lowest BCUT2D eigenvalue weighted by atomic mass is 10.2. The summed E-state index contributed by atoms with van der Waals surface area (Å²) in [6.45, 7) is 0.635. The molecule has 0 aliphatic carbocycles. The predicted octanol–water partition coefficient (Wildman–Crippen LogP) is 4.44. The average Bonchev–Trinajstić information content (AvgIpc) is 3.11. The molecule has 2 aromatic carbocycles. The van der Waals surface area contributed by atoms with Crippen LogP contribution >= 0.6 is 0 Å². The van der Waals surface area contributed by atoms with Gasteiger partial charge in [-0.15, -0.1) is 0 Å². The van der Waals surface area contributed by atoms with Gasteiger partial charge in [0.15, 0.2) is 5.82 Å². The Labute approximate surface area is 156 Å². The van der Waals surface area contributed by atoms with E-state index < -0.39 is 0 Å². The Morgan fingerprint density at radius 2 is 1.93 bits per heavy atom. The molecule has 4 rings (SSSR count). The van der Waals surface area contributed by atoms with E-state index in [9.17, 15) is 4.39 Å². The molecule has 2 heterocycles. The van der Waals surface area contributed by atoms with E-state index in [0.29, 0.717) is 23.8 Å². The summed E-state index contributed by atoms with van der Waals surface area (Å²) in [6.07, 6.45) is 1.73. The number of pyridine rings is 1. The van der Waals surface area contributed by atoms with Crippen LogP contribution in [0.3, 0.4) is 0 Å². The lowest BCUT2D eigenvalue weighted by molar-refractivity contribution is 0.628. The number of H-pyrrole nitrogens is 1. The van der Waals surface area contributed by atoms with E-state index in [1.165, 1.54) is 12.1 Å². The zero-order chi connectivity index (χ0) is 18.8. The molecule has 0 saturated carbocycles. The molecular weight excluding hydrogens is 341 g/mol. The fourth-order valence-corrected chi connectivity index (χ4v) is 2.97.